The molecule has 2 aliphatic rings. The Bertz CT molecular complexity index is 292. The number of carbonyl (C=O) groups is 1. The lowest BCUT2D eigenvalue weighted by Gasteiger charge is -2.35. The van der Waals surface area contributed by atoms with E-state index in [1.54, 1.807) is 0 Å². The van der Waals surface area contributed by atoms with E-state index in [4.69, 9.17) is 0 Å². The summed E-state index contributed by atoms with van der Waals surface area (Å²) in [6, 6.07) is 0.381. The summed E-state index contributed by atoms with van der Waals surface area (Å²) in [4.78, 5) is 15.0. The van der Waals surface area contributed by atoms with Crippen LogP contribution in [0.3, 0.4) is 0 Å². The topological polar surface area (TPSA) is 44.4 Å². The van der Waals surface area contributed by atoms with Gasteiger partial charge in [0, 0.05) is 19.1 Å². The van der Waals surface area contributed by atoms with E-state index >= 15 is 0 Å². The zero-order chi connectivity index (χ0) is 13.7. The highest BCUT2D eigenvalue weighted by atomic mass is 16.2. The highest BCUT2D eigenvalue weighted by molar-refractivity contribution is 5.87. The molecule has 0 spiro atoms. The number of hydrogen-bond donors (Lipinski definition) is 2. The van der Waals surface area contributed by atoms with Crippen molar-refractivity contribution >= 4 is 5.91 Å². The zero-order valence-electron chi connectivity index (χ0n) is 12.5. The third kappa shape index (κ3) is 3.48. The predicted molar refractivity (Wildman–Crippen MR) is 78.2 cm³/mol. The minimum Gasteiger partial charge on any atom is -0.352 e. The minimum absolute atomic E-state index is 0.252. The zero-order valence-corrected chi connectivity index (χ0v) is 12.5. The van der Waals surface area contributed by atoms with Crippen molar-refractivity contribution in [2.45, 2.75) is 64.0 Å². The van der Waals surface area contributed by atoms with Crippen molar-refractivity contribution in [2.75, 3.05) is 26.2 Å². The fourth-order valence-corrected chi connectivity index (χ4v) is 3.47. The van der Waals surface area contributed by atoms with Gasteiger partial charge in [-0.25, -0.2) is 0 Å². The van der Waals surface area contributed by atoms with Gasteiger partial charge in [-0.05, 0) is 45.2 Å². The lowest BCUT2D eigenvalue weighted by molar-refractivity contribution is -0.128. The highest BCUT2D eigenvalue weighted by Gasteiger charge is 2.40. The normalized spacial score (nSPS) is 29.6. The first-order valence-corrected chi connectivity index (χ1v) is 7.98. The Hall–Kier alpha value is -0.610. The number of nitrogens with zero attached hydrogens (tertiary/aromatic N) is 1. The van der Waals surface area contributed by atoms with E-state index in [-0.39, 0.29) is 11.4 Å². The summed E-state index contributed by atoms with van der Waals surface area (Å²) < 4.78 is 0. The largest absolute Gasteiger partial charge is 0.352 e. The van der Waals surface area contributed by atoms with Crippen molar-refractivity contribution in [3.05, 3.63) is 0 Å². The van der Waals surface area contributed by atoms with Crippen molar-refractivity contribution < 1.29 is 4.79 Å². The number of nitrogens with one attached hydrogen (secondary N) is 2. The van der Waals surface area contributed by atoms with E-state index in [2.05, 4.69) is 29.4 Å². The first-order valence-electron chi connectivity index (χ1n) is 7.98. The van der Waals surface area contributed by atoms with Gasteiger partial charge in [0.05, 0.1) is 5.54 Å². The number of likely N-dealkylation sites (tertiary alicyclic amines) is 1. The van der Waals surface area contributed by atoms with Gasteiger partial charge in [-0.2, -0.15) is 0 Å². The van der Waals surface area contributed by atoms with E-state index in [1.807, 2.05) is 0 Å². The quantitative estimate of drug-likeness (QED) is 0.793. The number of piperidine rings is 1. The molecule has 4 nitrogen and oxygen atoms in total. The van der Waals surface area contributed by atoms with Crippen LogP contribution in [0.2, 0.25) is 0 Å². The lowest BCUT2D eigenvalue weighted by atomic mass is 9.90. The maximum Gasteiger partial charge on any atom is 0.240 e. The molecule has 2 saturated heterocycles. The Labute approximate surface area is 117 Å². The molecule has 0 aromatic heterocycles. The Kier molecular flexibility index (Phi) is 5.22. The van der Waals surface area contributed by atoms with Gasteiger partial charge in [0.1, 0.15) is 0 Å². The Morgan fingerprint density at radius 3 is 2.63 bits per heavy atom. The molecule has 19 heavy (non-hydrogen) atoms. The second kappa shape index (κ2) is 6.71. The van der Waals surface area contributed by atoms with Gasteiger partial charge < -0.3 is 15.5 Å². The lowest BCUT2D eigenvalue weighted by Crippen LogP contribution is -2.57. The SMILES string of the molecule is CCCC1(C(=O)NC2CCN(CC)CC2)CCCN1. The van der Waals surface area contributed by atoms with Crippen LogP contribution in [0, 0.1) is 0 Å². The van der Waals surface area contributed by atoms with Gasteiger partial charge in [0.15, 0.2) is 0 Å². The Morgan fingerprint density at radius 2 is 2.11 bits per heavy atom. The van der Waals surface area contributed by atoms with Gasteiger partial charge in [-0.1, -0.05) is 20.3 Å². The van der Waals surface area contributed by atoms with Crippen LogP contribution >= 0.6 is 0 Å². The van der Waals surface area contributed by atoms with Crippen molar-refractivity contribution in [3.63, 3.8) is 0 Å². The van der Waals surface area contributed by atoms with Gasteiger partial charge in [0.2, 0.25) is 5.91 Å². The summed E-state index contributed by atoms with van der Waals surface area (Å²) in [7, 11) is 0. The third-order valence-electron chi connectivity index (χ3n) is 4.73. The molecule has 0 saturated carbocycles. The van der Waals surface area contributed by atoms with E-state index in [0.717, 1.165) is 64.7 Å². The molecule has 2 heterocycles. The standard InChI is InChI=1S/C15H29N3O/c1-3-8-15(9-5-10-16-15)14(19)17-13-6-11-18(4-2)12-7-13/h13,16H,3-12H2,1-2H3,(H,17,19). The number of carbonyl (C=O) groups excluding carboxylic acids is 1. The summed E-state index contributed by atoms with van der Waals surface area (Å²) in [5.41, 5.74) is -0.267. The average molecular weight is 267 g/mol. The fourth-order valence-electron chi connectivity index (χ4n) is 3.47. The van der Waals surface area contributed by atoms with Crippen LogP contribution in [0.25, 0.3) is 0 Å². The third-order valence-corrected chi connectivity index (χ3v) is 4.73. The molecule has 0 aliphatic carbocycles. The van der Waals surface area contributed by atoms with Crippen molar-refractivity contribution in [3.8, 4) is 0 Å². The molecule has 1 amide bonds. The smallest absolute Gasteiger partial charge is 0.240 e. The van der Waals surface area contributed by atoms with E-state index < -0.39 is 0 Å². The van der Waals surface area contributed by atoms with Crippen molar-refractivity contribution in [1.82, 2.24) is 15.5 Å². The van der Waals surface area contributed by atoms with Crippen LogP contribution in [-0.2, 0) is 4.79 Å². The summed E-state index contributed by atoms with van der Waals surface area (Å²) >= 11 is 0. The average Bonchev–Trinajstić information content (AvgIpc) is 2.90. The highest BCUT2D eigenvalue weighted by Crippen LogP contribution is 2.25. The molecule has 2 rings (SSSR count). The molecule has 0 aromatic carbocycles. The van der Waals surface area contributed by atoms with Crippen LogP contribution < -0.4 is 10.6 Å². The van der Waals surface area contributed by atoms with Gasteiger partial charge in [-0.15, -0.1) is 0 Å². The van der Waals surface area contributed by atoms with Crippen molar-refractivity contribution in [1.29, 1.82) is 0 Å². The van der Waals surface area contributed by atoms with Gasteiger partial charge >= 0.3 is 0 Å². The Balaban J connectivity index is 1.86. The van der Waals surface area contributed by atoms with Crippen LogP contribution in [0.15, 0.2) is 0 Å². The van der Waals surface area contributed by atoms with Gasteiger partial charge in [-0.3, -0.25) is 4.79 Å². The first-order chi connectivity index (χ1) is 9.20. The molecule has 0 aromatic rings. The minimum atomic E-state index is -0.267. The van der Waals surface area contributed by atoms with Crippen LogP contribution in [0.1, 0.15) is 52.4 Å². The summed E-state index contributed by atoms with van der Waals surface area (Å²) in [6.45, 7) is 8.72. The molecular weight excluding hydrogens is 238 g/mol. The predicted octanol–water partition coefficient (Wildman–Crippen LogP) is 1.51. The number of amides is 1. The molecule has 2 fully saturated rings. The first kappa shape index (κ1) is 14.8. The molecule has 0 bridgehead atoms. The fraction of sp³-hybridized carbons (Fsp3) is 0.933. The second-order valence-corrected chi connectivity index (χ2v) is 6.04. The molecular formula is C15H29N3O. The van der Waals surface area contributed by atoms with Crippen LogP contribution in [-0.4, -0.2) is 48.6 Å². The van der Waals surface area contributed by atoms with Crippen molar-refractivity contribution in [2.24, 2.45) is 0 Å². The van der Waals surface area contributed by atoms with E-state index in [1.165, 1.54) is 0 Å². The molecule has 110 valence electrons. The maximum absolute atomic E-state index is 12.6. The van der Waals surface area contributed by atoms with Crippen LogP contribution in [0.5, 0.6) is 0 Å². The van der Waals surface area contributed by atoms with E-state index in [0.29, 0.717) is 6.04 Å². The molecule has 0 radical (unpaired) electrons. The Morgan fingerprint density at radius 1 is 1.37 bits per heavy atom. The maximum atomic E-state index is 12.6. The van der Waals surface area contributed by atoms with Crippen LogP contribution in [0.4, 0.5) is 0 Å². The molecule has 1 unspecified atom stereocenters. The number of hydrogen-bond acceptors (Lipinski definition) is 3. The summed E-state index contributed by atoms with van der Waals surface area (Å²) in [5, 5.41) is 6.76. The number of rotatable bonds is 5. The second-order valence-electron chi connectivity index (χ2n) is 6.04. The summed E-state index contributed by atoms with van der Waals surface area (Å²) in [5.74, 6) is 0.252. The molecule has 2 aliphatic heterocycles. The summed E-state index contributed by atoms with van der Waals surface area (Å²) in [6.07, 6.45) is 6.35. The monoisotopic (exact) mass is 267 g/mol. The molecule has 1 atom stereocenters. The molecule has 4 heteroatoms. The van der Waals surface area contributed by atoms with Gasteiger partial charge in [0.25, 0.3) is 0 Å². The van der Waals surface area contributed by atoms with E-state index in [9.17, 15) is 4.79 Å². The molecule has 2 N–H and O–H groups in total.